The Bertz CT molecular complexity index is 1360. The van der Waals surface area contributed by atoms with Crippen LogP contribution in [0.25, 0.3) is 10.2 Å². The Hall–Kier alpha value is -3.24. The van der Waals surface area contributed by atoms with E-state index in [1.54, 1.807) is 29.6 Å². The van der Waals surface area contributed by atoms with E-state index in [1.807, 2.05) is 35.9 Å². The fraction of sp³-hybridized carbons (Fsp3) is 0.292. The van der Waals surface area contributed by atoms with Crippen LogP contribution >= 0.6 is 11.3 Å². The quantitative estimate of drug-likeness (QED) is 0.329. The molecule has 2 aromatic carbocycles. The van der Waals surface area contributed by atoms with Crippen molar-refractivity contribution >= 4 is 42.4 Å². The molecule has 2 heterocycles. The van der Waals surface area contributed by atoms with Crippen molar-refractivity contribution in [2.24, 2.45) is 0 Å². The lowest BCUT2D eigenvalue weighted by Crippen LogP contribution is -2.33. The van der Waals surface area contributed by atoms with Crippen LogP contribution in [0, 0.1) is 0 Å². The van der Waals surface area contributed by atoms with E-state index in [4.69, 9.17) is 9.72 Å². The third kappa shape index (κ3) is 5.63. The van der Waals surface area contributed by atoms with Crippen molar-refractivity contribution in [3.05, 3.63) is 66.7 Å². The highest BCUT2D eigenvalue weighted by molar-refractivity contribution is 7.90. The highest BCUT2D eigenvalue weighted by Gasteiger charge is 2.21. The lowest BCUT2D eigenvalue weighted by atomic mass is 10.1. The SMILES string of the molecule is CCOc1cccc2sc(N(CCCn3ccnc3)C(=O)Cc3ccc(S(C)(=O)=O)cc3)nc12. The lowest BCUT2D eigenvalue weighted by Gasteiger charge is -2.20. The lowest BCUT2D eigenvalue weighted by molar-refractivity contribution is -0.118. The average molecular weight is 499 g/mol. The molecule has 8 nitrogen and oxygen atoms in total. The molecule has 0 unspecified atom stereocenters. The van der Waals surface area contributed by atoms with Gasteiger partial charge >= 0.3 is 0 Å². The molecule has 0 saturated carbocycles. The summed E-state index contributed by atoms with van der Waals surface area (Å²) in [5, 5.41) is 0.616. The van der Waals surface area contributed by atoms with E-state index in [-0.39, 0.29) is 17.2 Å². The molecule has 0 atom stereocenters. The van der Waals surface area contributed by atoms with Crippen molar-refractivity contribution in [3.8, 4) is 5.75 Å². The van der Waals surface area contributed by atoms with Gasteiger partial charge in [-0.2, -0.15) is 0 Å². The van der Waals surface area contributed by atoms with Crippen LogP contribution in [-0.4, -0.2) is 48.3 Å². The second-order valence-corrected chi connectivity index (χ2v) is 10.8. The molecule has 0 spiro atoms. The first kappa shape index (κ1) is 23.9. The van der Waals surface area contributed by atoms with E-state index in [9.17, 15) is 13.2 Å². The number of hydrogen-bond acceptors (Lipinski definition) is 7. The number of amides is 1. The number of benzene rings is 2. The van der Waals surface area contributed by atoms with Gasteiger partial charge in [0.05, 0.1) is 29.0 Å². The number of anilines is 1. The minimum atomic E-state index is -3.29. The van der Waals surface area contributed by atoms with Gasteiger partial charge in [0.1, 0.15) is 11.3 Å². The van der Waals surface area contributed by atoms with Crippen LogP contribution in [0.3, 0.4) is 0 Å². The van der Waals surface area contributed by atoms with Gasteiger partial charge in [0.2, 0.25) is 5.91 Å². The molecular weight excluding hydrogens is 472 g/mol. The van der Waals surface area contributed by atoms with Crippen LogP contribution in [0.5, 0.6) is 5.75 Å². The minimum absolute atomic E-state index is 0.102. The number of imidazole rings is 1. The summed E-state index contributed by atoms with van der Waals surface area (Å²) in [7, 11) is -3.29. The van der Waals surface area contributed by atoms with Gasteiger partial charge in [-0.1, -0.05) is 29.5 Å². The Kier molecular flexibility index (Phi) is 7.28. The molecule has 178 valence electrons. The number of nitrogens with zero attached hydrogens (tertiary/aromatic N) is 4. The van der Waals surface area contributed by atoms with Crippen molar-refractivity contribution in [2.45, 2.75) is 31.2 Å². The number of thiazole rings is 1. The number of aryl methyl sites for hydroxylation is 1. The molecule has 10 heteroatoms. The third-order valence-corrected chi connectivity index (χ3v) is 7.44. The van der Waals surface area contributed by atoms with E-state index >= 15 is 0 Å². The van der Waals surface area contributed by atoms with Gasteiger partial charge in [0.25, 0.3) is 0 Å². The molecule has 34 heavy (non-hydrogen) atoms. The second-order valence-electron chi connectivity index (χ2n) is 7.82. The van der Waals surface area contributed by atoms with E-state index in [0.29, 0.717) is 24.0 Å². The van der Waals surface area contributed by atoms with E-state index in [2.05, 4.69) is 4.98 Å². The normalized spacial score (nSPS) is 11.6. The Balaban J connectivity index is 1.58. The molecule has 0 bridgehead atoms. The first-order chi connectivity index (χ1) is 16.3. The molecule has 0 fully saturated rings. The molecule has 4 aromatic rings. The van der Waals surface area contributed by atoms with Crippen LogP contribution in [0.15, 0.2) is 66.1 Å². The Labute approximate surface area is 202 Å². The molecule has 0 aliphatic rings. The summed E-state index contributed by atoms with van der Waals surface area (Å²) in [6.45, 7) is 3.67. The fourth-order valence-corrected chi connectivity index (χ4v) is 5.24. The van der Waals surface area contributed by atoms with E-state index < -0.39 is 9.84 Å². The summed E-state index contributed by atoms with van der Waals surface area (Å²) in [6.07, 6.45) is 7.40. The standard InChI is InChI=1S/C24H26N4O4S2/c1-3-32-20-6-4-7-21-23(20)26-24(33-21)28(14-5-13-27-15-12-25-17-27)22(29)16-18-8-10-19(11-9-18)34(2,30)31/h4,6-12,15,17H,3,5,13-14,16H2,1-2H3. The molecule has 0 aliphatic heterocycles. The van der Waals surface area contributed by atoms with Crippen LogP contribution in [0.4, 0.5) is 5.13 Å². The predicted octanol–water partition coefficient (Wildman–Crippen LogP) is 3.96. The molecule has 0 saturated heterocycles. The minimum Gasteiger partial charge on any atom is -0.492 e. The smallest absolute Gasteiger partial charge is 0.233 e. The van der Waals surface area contributed by atoms with Gasteiger partial charge in [-0.3, -0.25) is 9.69 Å². The number of ether oxygens (including phenoxy) is 1. The van der Waals surface area contributed by atoms with Crippen molar-refractivity contribution in [1.29, 1.82) is 0 Å². The third-order valence-electron chi connectivity index (χ3n) is 5.27. The summed E-state index contributed by atoms with van der Waals surface area (Å²) < 4.78 is 32.1. The van der Waals surface area contributed by atoms with Crippen LogP contribution in [0.1, 0.15) is 18.9 Å². The van der Waals surface area contributed by atoms with Crippen molar-refractivity contribution in [1.82, 2.24) is 14.5 Å². The van der Waals surface area contributed by atoms with Gasteiger partial charge in [0.15, 0.2) is 15.0 Å². The van der Waals surface area contributed by atoms with Gasteiger partial charge in [-0.25, -0.2) is 18.4 Å². The van der Waals surface area contributed by atoms with Crippen molar-refractivity contribution in [3.63, 3.8) is 0 Å². The number of para-hydroxylation sites is 1. The number of carbonyl (C=O) groups is 1. The van der Waals surface area contributed by atoms with E-state index in [0.717, 1.165) is 28.7 Å². The first-order valence-electron chi connectivity index (χ1n) is 10.9. The number of aromatic nitrogens is 3. The monoisotopic (exact) mass is 498 g/mol. The molecule has 0 N–H and O–H groups in total. The number of rotatable bonds is 10. The zero-order valence-corrected chi connectivity index (χ0v) is 20.7. The second kappa shape index (κ2) is 10.4. The Morgan fingerprint density at radius 1 is 1.18 bits per heavy atom. The largest absolute Gasteiger partial charge is 0.492 e. The summed E-state index contributed by atoms with van der Waals surface area (Å²) in [4.78, 5) is 24.2. The zero-order chi connectivity index (χ0) is 24.1. The van der Waals surface area contributed by atoms with Crippen LogP contribution in [0.2, 0.25) is 0 Å². The maximum absolute atomic E-state index is 13.4. The van der Waals surface area contributed by atoms with E-state index in [1.165, 1.54) is 29.7 Å². The predicted molar refractivity (Wildman–Crippen MR) is 133 cm³/mol. The number of carbonyl (C=O) groups excluding carboxylic acids is 1. The molecule has 4 rings (SSSR count). The summed E-state index contributed by atoms with van der Waals surface area (Å²) in [6, 6.07) is 12.2. The Morgan fingerprint density at radius 2 is 1.97 bits per heavy atom. The molecule has 2 aromatic heterocycles. The average Bonchev–Trinajstić information content (AvgIpc) is 3.47. The maximum Gasteiger partial charge on any atom is 0.233 e. The molecule has 1 amide bonds. The summed E-state index contributed by atoms with van der Waals surface area (Å²) in [5.41, 5.74) is 1.49. The number of hydrogen-bond donors (Lipinski definition) is 0. The van der Waals surface area contributed by atoms with Gasteiger partial charge in [0, 0.05) is 31.7 Å². The number of sulfone groups is 1. The summed E-state index contributed by atoms with van der Waals surface area (Å²) >= 11 is 1.45. The van der Waals surface area contributed by atoms with Gasteiger partial charge < -0.3 is 9.30 Å². The van der Waals surface area contributed by atoms with Crippen LogP contribution in [-0.2, 0) is 27.6 Å². The van der Waals surface area contributed by atoms with Gasteiger partial charge in [-0.15, -0.1) is 0 Å². The first-order valence-corrected chi connectivity index (χ1v) is 13.6. The molecular formula is C24H26N4O4S2. The fourth-order valence-electron chi connectivity index (χ4n) is 3.58. The number of fused-ring (bicyclic) bond motifs is 1. The van der Waals surface area contributed by atoms with Gasteiger partial charge in [-0.05, 0) is 43.2 Å². The van der Waals surface area contributed by atoms with Crippen molar-refractivity contribution < 1.29 is 17.9 Å². The molecule has 0 aliphatic carbocycles. The zero-order valence-electron chi connectivity index (χ0n) is 19.0. The maximum atomic E-state index is 13.4. The van der Waals surface area contributed by atoms with Crippen molar-refractivity contribution in [2.75, 3.05) is 24.3 Å². The highest BCUT2D eigenvalue weighted by Crippen LogP contribution is 2.34. The summed E-state index contributed by atoms with van der Waals surface area (Å²) in [5.74, 6) is 0.597. The molecule has 0 radical (unpaired) electrons. The Morgan fingerprint density at radius 3 is 2.65 bits per heavy atom. The van der Waals surface area contributed by atoms with Crippen LogP contribution < -0.4 is 9.64 Å². The highest BCUT2D eigenvalue weighted by atomic mass is 32.2. The topological polar surface area (TPSA) is 94.4 Å².